The number of amides is 2. The van der Waals surface area contributed by atoms with Gasteiger partial charge in [0.05, 0.1) is 18.4 Å². The molecule has 6 nitrogen and oxygen atoms in total. The van der Waals surface area contributed by atoms with Gasteiger partial charge in [-0.05, 0) is 64.7 Å². The fourth-order valence-corrected chi connectivity index (χ4v) is 2.55. The van der Waals surface area contributed by atoms with Crippen molar-refractivity contribution < 1.29 is 14.3 Å². The third-order valence-electron chi connectivity index (χ3n) is 3.98. The number of rotatable bonds is 9. The molecule has 0 heterocycles. The molecule has 2 unspecified atom stereocenters. The number of hydrogen-bond acceptors (Lipinski definition) is 4. The average Bonchev–Trinajstić information content (AvgIpc) is 3.34. The van der Waals surface area contributed by atoms with Crippen molar-refractivity contribution >= 4 is 17.5 Å². The largest absolute Gasteiger partial charge is 0.494 e. The van der Waals surface area contributed by atoms with Crippen molar-refractivity contribution in [3.8, 4) is 5.75 Å². The van der Waals surface area contributed by atoms with Crippen molar-refractivity contribution in [1.82, 2.24) is 10.2 Å². The van der Waals surface area contributed by atoms with Gasteiger partial charge in [-0.3, -0.25) is 9.59 Å². The summed E-state index contributed by atoms with van der Waals surface area (Å²) in [7, 11) is 4.01. The highest BCUT2D eigenvalue weighted by Gasteiger charge is 2.47. The minimum atomic E-state index is -0.217. The van der Waals surface area contributed by atoms with Gasteiger partial charge in [0.2, 0.25) is 11.8 Å². The van der Waals surface area contributed by atoms with E-state index in [1.165, 1.54) is 0 Å². The van der Waals surface area contributed by atoms with E-state index < -0.39 is 0 Å². The Balaban J connectivity index is 1.71. The Morgan fingerprint density at radius 1 is 1.17 bits per heavy atom. The van der Waals surface area contributed by atoms with Gasteiger partial charge < -0.3 is 20.3 Å². The molecule has 6 heteroatoms. The first-order valence-corrected chi connectivity index (χ1v) is 8.47. The highest BCUT2D eigenvalue weighted by molar-refractivity contribution is 5.99. The zero-order valence-electron chi connectivity index (χ0n) is 14.7. The number of nitrogens with one attached hydrogen (secondary N) is 2. The Hall–Kier alpha value is -2.08. The lowest BCUT2D eigenvalue weighted by molar-refractivity contribution is -0.125. The van der Waals surface area contributed by atoms with Crippen LogP contribution >= 0.6 is 0 Å². The maximum Gasteiger partial charge on any atom is 0.228 e. The SMILES string of the molecule is CCOc1ccc(NC(=O)C2CC2C(=O)NCCCN(C)C)cc1. The molecule has 1 aromatic carbocycles. The van der Waals surface area contributed by atoms with Gasteiger partial charge in [0, 0.05) is 12.2 Å². The van der Waals surface area contributed by atoms with Gasteiger partial charge in [-0.25, -0.2) is 0 Å². The third kappa shape index (κ3) is 5.53. The number of hydrogen-bond donors (Lipinski definition) is 2. The maximum atomic E-state index is 12.2. The molecule has 0 aromatic heterocycles. The predicted molar refractivity (Wildman–Crippen MR) is 94.0 cm³/mol. The van der Waals surface area contributed by atoms with E-state index in [0.29, 0.717) is 19.6 Å². The van der Waals surface area contributed by atoms with Gasteiger partial charge >= 0.3 is 0 Å². The van der Waals surface area contributed by atoms with Crippen molar-refractivity contribution in [3.05, 3.63) is 24.3 Å². The Morgan fingerprint density at radius 3 is 2.46 bits per heavy atom. The molecule has 2 atom stereocenters. The summed E-state index contributed by atoms with van der Waals surface area (Å²) in [6.45, 7) is 4.13. The van der Waals surface area contributed by atoms with Crippen LogP contribution in [0.3, 0.4) is 0 Å². The van der Waals surface area contributed by atoms with Gasteiger partial charge in [-0.15, -0.1) is 0 Å². The molecule has 0 saturated heterocycles. The van der Waals surface area contributed by atoms with Gasteiger partial charge in [-0.2, -0.15) is 0 Å². The normalized spacial score (nSPS) is 19.0. The van der Waals surface area contributed by atoms with Crippen LogP contribution in [-0.2, 0) is 9.59 Å². The van der Waals surface area contributed by atoms with E-state index in [1.807, 2.05) is 45.3 Å². The predicted octanol–water partition coefficient (Wildman–Crippen LogP) is 1.73. The zero-order chi connectivity index (χ0) is 17.5. The van der Waals surface area contributed by atoms with Crippen molar-refractivity contribution in [2.24, 2.45) is 11.8 Å². The van der Waals surface area contributed by atoms with E-state index >= 15 is 0 Å². The second-order valence-electron chi connectivity index (χ2n) is 6.34. The first kappa shape index (κ1) is 18.3. The number of benzene rings is 1. The van der Waals surface area contributed by atoms with Crippen molar-refractivity contribution in [1.29, 1.82) is 0 Å². The first-order chi connectivity index (χ1) is 11.5. The molecule has 2 rings (SSSR count). The average molecular weight is 333 g/mol. The quantitative estimate of drug-likeness (QED) is 0.675. The molecule has 0 bridgehead atoms. The minimum Gasteiger partial charge on any atom is -0.494 e. The third-order valence-corrected chi connectivity index (χ3v) is 3.98. The van der Waals surface area contributed by atoms with Crippen LogP contribution in [0, 0.1) is 11.8 Å². The van der Waals surface area contributed by atoms with E-state index in [2.05, 4.69) is 15.5 Å². The molecule has 0 spiro atoms. The number of carbonyl (C=O) groups excluding carboxylic acids is 2. The molecule has 1 aromatic rings. The number of carbonyl (C=O) groups is 2. The van der Waals surface area contributed by atoms with Crippen LogP contribution in [0.25, 0.3) is 0 Å². The maximum absolute atomic E-state index is 12.2. The summed E-state index contributed by atoms with van der Waals surface area (Å²) in [6.07, 6.45) is 1.54. The van der Waals surface area contributed by atoms with E-state index in [0.717, 1.165) is 24.4 Å². The Morgan fingerprint density at radius 2 is 1.83 bits per heavy atom. The summed E-state index contributed by atoms with van der Waals surface area (Å²) in [4.78, 5) is 26.3. The lowest BCUT2D eigenvalue weighted by Crippen LogP contribution is -2.30. The van der Waals surface area contributed by atoms with E-state index in [9.17, 15) is 9.59 Å². The second-order valence-corrected chi connectivity index (χ2v) is 6.34. The van der Waals surface area contributed by atoms with Crippen LogP contribution in [0.1, 0.15) is 19.8 Å². The topological polar surface area (TPSA) is 70.7 Å². The molecular formula is C18H27N3O3. The van der Waals surface area contributed by atoms with Crippen molar-refractivity contribution in [2.75, 3.05) is 39.1 Å². The molecule has 24 heavy (non-hydrogen) atoms. The Labute approximate surface area is 143 Å². The minimum absolute atomic E-state index is 0.0133. The van der Waals surface area contributed by atoms with Crippen LogP contribution in [-0.4, -0.2) is 50.5 Å². The summed E-state index contributed by atoms with van der Waals surface area (Å²) in [6, 6.07) is 7.26. The molecule has 1 aliphatic rings. The summed E-state index contributed by atoms with van der Waals surface area (Å²) in [5, 5.41) is 5.77. The van der Waals surface area contributed by atoms with Gasteiger partial charge in [0.1, 0.15) is 5.75 Å². The lowest BCUT2D eigenvalue weighted by Gasteiger charge is -2.10. The molecule has 1 aliphatic carbocycles. The molecule has 1 saturated carbocycles. The highest BCUT2D eigenvalue weighted by Crippen LogP contribution is 2.39. The summed E-state index contributed by atoms with van der Waals surface area (Å²) >= 11 is 0. The van der Waals surface area contributed by atoms with Gasteiger partial charge in [0.25, 0.3) is 0 Å². The van der Waals surface area contributed by atoms with Crippen molar-refractivity contribution in [2.45, 2.75) is 19.8 Å². The van der Waals surface area contributed by atoms with Gasteiger partial charge in [-0.1, -0.05) is 0 Å². The number of anilines is 1. The molecule has 2 N–H and O–H groups in total. The smallest absolute Gasteiger partial charge is 0.228 e. The fraction of sp³-hybridized carbons (Fsp3) is 0.556. The van der Waals surface area contributed by atoms with E-state index in [1.54, 1.807) is 0 Å². The molecule has 2 amide bonds. The fourth-order valence-electron chi connectivity index (χ4n) is 2.55. The van der Waals surface area contributed by atoms with Crippen molar-refractivity contribution in [3.63, 3.8) is 0 Å². The number of ether oxygens (including phenoxy) is 1. The second kappa shape index (κ2) is 8.68. The standard InChI is InChI=1S/C18H27N3O3/c1-4-24-14-8-6-13(7-9-14)20-18(23)16-12-15(16)17(22)19-10-5-11-21(2)3/h6-9,15-16H,4-5,10-12H2,1-3H3,(H,19,22)(H,20,23). The Kier molecular flexibility index (Phi) is 6.61. The van der Waals surface area contributed by atoms with Crippen LogP contribution in [0.5, 0.6) is 5.75 Å². The zero-order valence-corrected chi connectivity index (χ0v) is 14.7. The monoisotopic (exact) mass is 333 g/mol. The molecule has 132 valence electrons. The van der Waals surface area contributed by atoms with E-state index in [-0.39, 0.29) is 23.7 Å². The molecule has 0 radical (unpaired) electrons. The summed E-state index contributed by atoms with van der Waals surface area (Å²) in [5.41, 5.74) is 0.723. The van der Waals surface area contributed by atoms with Crippen LogP contribution in [0.2, 0.25) is 0 Å². The summed E-state index contributed by atoms with van der Waals surface area (Å²) < 4.78 is 5.37. The van der Waals surface area contributed by atoms with Crippen LogP contribution in [0.15, 0.2) is 24.3 Å². The van der Waals surface area contributed by atoms with E-state index in [4.69, 9.17) is 4.74 Å². The number of nitrogens with zero attached hydrogens (tertiary/aromatic N) is 1. The lowest BCUT2D eigenvalue weighted by atomic mass is 10.2. The highest BCUT2D eigenvalue weighted by atomic mass is 16.5. The molecule has 1 fully saturated rings. The Bertz CT molecular complexity index is 557. The van der Waals surface area contributed by atoms with Crippen LogP contribution < -0.4 is 15.4 Å². The molecule has 0 aliphatic heterocycles. The summed E-state index contributed by atoms with van der Waals surface area (Å²) in [5.74, 6) is 0.266. The first-order valence-electron chi connectivity index (χ1n) is 8.47. The van der Waals surface area contributed by atoms with Crippen LogP contribution in [0.4, 0.5) is 5.69 Å². The van der Waals surface area contributed by atoms with Gasteiger partial charge in [0.15, 0.2) is 0 Å². The molecular weight excluding hydrogens is 306 g/mol.